The molecule has 120 valence electrons. The predicted molar refractivity (Wildman–Crippen MR) is 81.4 cm³/mol. The molecular weight excluding hydrogens is 296 g/mol. The molecule has 4 N–H and O–H groups in total. The minimum absolute atomic E-state index is 0.363. The van der Waals surface area contributed by atoms with Gasteiger partial charge in [0.05, 0.1) is 5.60 Å². The summed E-state index contributed by atoms with van der Waals surface area (Å²) >= 11 is 0. The van der Waals surface area contributed by atoms with E-state index >= 15 is 0 Å². The first kappa shape index (κ1) is 15.5. The lowest BCUT2D eigenvalue weighted by Gasteiger charge is -2.21. The molecule has 0 radical (unpaired) electrons. The fraction of sp³-hybridized carbons (Fsp3) is 0.412. The number of hydrogen-bond donors (Lipinski definition) is 4. The van der Waals surface area contributed by atoms with E-state index in [4.69, 9.17) is 5.21 Å². The Labute approximate surface area is 133 Å². The highest BCUT2D eigenvalue weighted by atomic mass is 16.5. The standard InChI is InChI=1S/C17H18N2O4/c20-15(18-14(16(21)19-23)17(22)9-10-17)13-7-5-12(6-8-13)4-3-11-1-2-11/h5-8,11,14,22-23H,1-2,9-10H2,(H,18,20)(H,19,21). The van der Waals surface area contributed by atoms with Crippen LogP contribution in [0, 0.1) is 17.8 Å². The predicted octanol–water partition coefficient (Wildman–Crippen LogP) is 0.577. The molecule has 2 amide bonds. The van der Waals surface area contributed by atoms with Gasteiger partial charge in [0.1, 0.15) is 6.04 Å². The van der Waals surface area contributed by atoms with Crippen LogP contribution in [0.2, 0.25) is 0 Å². The summed E-state index contributed by atoms with van der Waals surface area (Å²) in [5.41, 5.74) is 1.39. The Morgan fingerprint density at radius 3 is 2.39 bits per heavy atom. The Bertz CT molecular complexity index is 679. The van der Waals surface area contributed by atoms with Gasteiger partial charge in [0.2, 0.25) is 0 Å². The Morgan fingerprint density at radius 2 is 1.87 bits per heavy atom. The molecule has 1 unspecified atom stereocenters. The van der Waals surface area contributed by atoms with E-state index in [1.165, 1.54) is 5.48 Å². The second-order valence-corrected chi connectivity index (χ2v) is 6.11. The lowest BCUT2D eigenvalue weighted by molar-refractivity contribution is -0.134. The number of carbonyl (C=O) groups excluding carboxylic acids is 2. The van der Waals surface area contributed by atoms with Crippen LogP contribution in [0.15, 0.2) is 24.3 Å². The summed E-state index contributed by atoms with van der Waals surface area (Å²) < 4.78 is 0. The third kappa shape index (κ3) is 3.70. The maximum absolute atomic E-state index is 12.2. The van der Waals surface area contributed by atoms with Crippen molar-refractivity contribution in [3.63, 3.8) is 0 Å². The van der Waals surface area contributed by atoms with E-state index in [9.17, 15) is 14.7 Å². The number of hydroxylamine groups is 1. The van der Waals surface area contributed by atoms with E-state index in [-0.39, 0.29) is 0 Å². The van der Waals surface area contributed by atoms with Crippen LogP contribution < -0.4 is 10.8 Å². The van der Waals surface area contributed by atoms with Crippen LogP contribution in [0.3, 0.4) is 0 Å². The fourth-order valence-electron chi connectivity index (χ4n) is 2.26. The SMILES string of the molecule is O=C(NC(C(=O)NO)C1(O)CC1)c1ccc(C#CC2CC2)cc1. The van der Waals surface area contributed by atoms with Crippen molar-refractivity contribution in [1.82, 2.24) is 10.8 Å². The molecule has 0 spiro atoms. The van der Waals surface area contributed by atoms with E-state index in [2.05, 4.69) is 17.2 Å². The number of nitrogens with one attached hydrogen (secondary N) is 2. The van der Waals surface area contributed by atoms with Crippen molar-refractivity contribution in [2.45, 2.75) is 37.3 Å². The number of hydrogen-bond acceptors (Lipinski definition) is 4. The summed E-state index contributed by atoms with van der Waals surface area (Å²) in [6.07, 6.45) is 3.12. The minimum atomic E-state index is -1.28. The van der Waals surface area contributed by atoms with Crippen molar-refractivity contribution in [2.24, 2.45) is 5.92 Å². The van der Waals surface area contributed by atoms with Crippen LogP contribution in [-0.4, -0.2) is 33.8 Å². The van der Waals surface area contributed by atoms with Crippen LogP contribution in [0.4, 0.5) is 0 Å². The summed E-state index contributed by atoms with van der Waals surface area (Å²) in [5.74, 6) is 5.39. The topological polar surface area (TPSA) is 98.7 Å². The second-order valence-electron chi connectivity index (χ2n) is 6.11. The quantitative estimate of drug-likeness (QED) is 0.371. The summed E-state index contributed by atoms with van der Waals surface area (Å²) in [6.45, 7) is 0. The van der Waals surface area contributed by atoms with E-state index in [0.29, 0.717) is 24.3 Å². The molecule has 0 aromatic heterocycles. The van der Waals surface area contributed by atoms with Gasteiger partial charge in [-0.3, -0.25) is 14.8 Å². The van der Waals surface area contributed by atoms with Gasteiger partial charge in [-0.2, -0.15) is 0 Å². The molecule has 2 saturated carbocycles. The van der Waals surface area contributed by atoms with Gasteiger partial charge in [0.15, 0.2) is 0 Å². The smallest absolute Gasteiger partial charge is 0.268 e. The number of rotatable bonds is 4. The third-order valence-electron chi connectivity index (χ3n) is 4.09. The lowest BCUT2D eigenvalue weighted by Crippen LogP contribution is -2.54. The van der Waals surface area contributed by atoms with Crippen molar-refractivity contribution >= 4 is 11.8 Å². The monoisotopic (exact) mass is 314 g/mol. The first-order valence-corrected chi connectivity index (χ1v) is 7.61. The van der Waals surface area contributed by atoms with Gasteiger partial charge in [-0.15, -0.1) is 0 Å². The maximum atomic E-state index is 12.2. The van der Waals surface area contributed by atoms with Crippen molar-refractivity contribution in [3.8, 4) is 11.8 Å². The Morgan fingerprint density at radius 1 is 1.22 bits per heavy atom. The zero-order chi connectivity index (χ0) is 16.4. The van der Waals surface area contributed by atoms with Crippen LogP contribution in [0.5, 0.6) is 0 Å². The molecule has 0 heterocycles. The molecular formula is C17H18N2O4. The molecule has 2 aliphatic carbocycles. The summed E-state index contributed by atoms with van der Waals surface area (Å²) in [5, 5.41) is 21.3. The summed E-state index contributed by atoms with van der Waals surface area (Å²) in [4.78, 5) is 23.8. The summed E-state index contributed by atoms with van der Waals surface area (Å²) in [6, 6.07) is 5.57. The number of aliphatic hydroxyl groups is 1. The average molecular weight is 314 g/mol. The van der Waals surface area contributed by atoms with Gasteiger partial charge in [0.25, 0.3) is 11.8 Å². The van der Waals surface area contributed by atoms with Gasteiger partial charge in [-0.05, 0) is 49.9 Å². The highest BCUT2D eigenvalue weighted by Crippen LogP contribution is 2.38. The third-order valence-corrected chi connectivity index (χ3v) is 4.09. The average Bonchev–Trinajstić information content (AvgIpc) is 3.48. The molecule has 1 aromatic rings. The zero-order valence-corrected chi connectivity index (χ0v) is 12.5. The van der Waals surface area contributed by atoms with Crippen LogP contribution >= 0.6 is 0 Å². The van der Waals surface area contributed by atoms with Gasteiger partial charge in [0, 0.05) is 17.0 Å². The van der Waals surface area contributed by atoms with E-state index in [0.717, 1.165) is 18.4 Å². The first-order chi connectivity index (χ1) is 11.0. The van der Waals surface area contributed by atoms with Crippen molar-refractivity contribution in [2.75, 3.05) is 0 Å². The summed E-state index contributed by atoms with van der Waals surface area (Å²) in [7, 11) is 0. The van der Waals surface area contributed by atoms with E-state index in [1.807, 2.05) is 0 Å². The fourth-order valence-corrected chi connectivity index (χ4v) is 2.26. The molecule has 6 heteroatoms. The van der Waals surface area contributed by atoms with Crippen molar-refractivity contribution in [1.29, 1.82) is 0 Å². The minimum Gasteiger partial charge on any atom is -0.387 e. The lowest BCUT2D eigenvalue weighted by atomic mass is 10.1. The van der Waals surface area contributed by atoms with Gasteiger partial charge >= 0.3 is 0 Å². The van der Waals surface area contributed by atoms with Gasteiger partial charge in [-0.25, -0.2) is 5.48 Å². The zero-order valence-electron chi connectivity index (χ0n) is 12.5. The normalized spacial score (nSPS) is 19.0. The molecule has 0 saturated heterocycles. The van der Waals surface area contributed by atoms with Gasteiger partial charge < -0.3 is 10.4 Å². The molecule has 2 fully saturated rings. The largest absolute Gasteiger partial charge is 0.387 e. The number of benzene rings is 1. The number of amides is 2. The second kappa shape index (κ2) is 6.03. The van der Waals surface area contributed by atoms with Crippen LogP contribution in [0.1, 0.15) is 41.6 Å². The highest BCUT2D eigenvalue weighted by molar-refractivity contribution is 5.98. The molecule has 1 atom stereocenters. The molecule has 2 aliphatic rings. The van der Waals surface area contributed by atoms with Crippen molar-refractivity contribution < 1.29 is 19.9 Å². The van der Waals surface area contributed by atoms with Crippen molar-refractivity contribution in [3.05, 3.63) is 35.4 Å². The van der Waals surface area contributed by atoms with E-state index < -0.39 is 23.5 Å². The molecule has 3 rings (SSSR count). The van der Waals surface area contributed by atoms with Gasteiger partial charge in [-0.1, -0.05) is 11.8 Å². The van der Waals surface area contributed by atoms with E-state index in [1.54, 1.807) is 24.3 Å². The molecule has 23 heavy (non-hydrogen) atoms. The Kier molecular flexibility index (Phi) is 4.07. The Hall–Kier alpha value is -2.36. The van der Waals surface area contributed by atoms with Crippen LogP contribution in [0.25, 0.3) is 0 Å². The molecule has 0 bridgehead atoms. The molecule has 0 aliphatic heterocycles. The Balaban J connectivity index is 1.67. The first-order valence-electron chi connectivity index (χ1n) is 7.61. The molecule has 6 nitrogen and oxygen atoms in total. The maximum Gasteiger partial charge on any atom is 0.268 e. The van der Waals surface area contributed by atoms with Crippen LogP contribution in [-0.2, 0) is 4.79 Å². The highest BCUT2D eigenvalue weighted by Gasteiger charge is 2.52. The number of carbonyl (C=O) groups is 2. The molecule has 1 aromatic carbocycles.